The molecule has 20 heavy (non-hydrogen) atoms. The minimum absolute atomic E-state index is 0.274. The first-order valence-electron chi connectivity index (χ1n) is 7.73. The van der Waals surface area contributed by atoms with E-state index in [1.54, 1.807) is 0 Å². The number of rotatable bonds is 7. The molecule has 0 saturated carbocycles. The Morgan fingerprint density at radius 3 is 2.80 bits per heavy atom. The normalized spacial score (nSPS) is 19.9. The van der Waals surface area contributed by atoms with Crippen molar-refractivity contribution in [2.24, 2.45) is 0 Å². The van der Waals surface area contributed by atoms with E-state index in [2.05, 4.69) is 41.4 Å². The van der Waals surface area contributed by atoms with E-state index in [0.717, 1.165) is 56.3 Å². The van der Waals surface area contributed by atoms with E-state index in [9.17, 15) is 0 Å². The van der Waals surface area contributed by atoms with Gasteiger partial charge in [-0.15, -0.1) is 0 Å². The van der Waals surface area contributed by atoms with Gasteiger partial charge >= 0.3 is 0 Å². The molecular weight excluding hydrogens is 252 g/mol. The molecular formula is C15H26N4O. The number of nitrogens with zero attached hydrogens (tertiary/aromatic N) is 2. The van der Waals surface area contributed by atoms with Crippen LogP contribution in [0.25, 0.3) is 0 Å². The maximum Gasteiger partial charge on any atom is 0.133 e. The van der Waals surface area contributed by atoms with Gasteiger partial charge in [0.25, 0.3) is 0 Å². The van der Waals surface area contributed by atoms with E-state index < -0.39 is 0 Å². The number of aromatic nitrogens is 2. The summed E-state index contributed by atoms with van der Waals surface area (Å²) >= 11 is 0. The molecule has 1 aliphatic rings. The Balaban J connectivity index is 2.07. The van der Waals surface area contributed by atoms with Gasteiger partial charge in [0.15, 0.2) is 0 Å². The third-order valence-electron chi connectivity index (χ3n) is 3.50. The third-order valence-corrected chi connectivity index (χ3v) is 3.50. The molecule has 2 heterocycles. The first kappa shape index (κ1) is 15.0. The molecule has 5 heteroatoms. The summed E-state index contributed by atoms with van der Waals surface area (Å²) in [6.07, 6.45) is 4.53. The summed E-state index contributed by atoms with van der Waals surface area (Å²) in [4.78, 5) is 9.12. The highest BCUT2D eigenvalue weighted by Crippen LogP contribution is 2.19. The second-order valence-corrected chi connectivity index (χ2v) is 5.32. The maximum atomic E-state index is 5.72. The quantitative estimate of drug-likeness (QED) is 0.803. The van der Waals surface area contributed by atoms with Gasteiger partial charge in [0.1, 0.15) is 17.5 Å². The lowest BCUT2D eigenvalue weighted by Crippen LogP contribution is -2.30. The van der Waals surface area contributed by atoms with E-state index in [-0.39, 0.29) is 6.04 Å². The molecule has 2 N–H and O–H groups in total. The molecule has 0 spiro atoms. The van der Waals surface area contributed by atoms with Crippen molar-refractivity contribution in [3.63, 3.8) is 0 Å². The second-order valence-electron chi connectivity index (χ2n) is 5.32. The molecule has 1 aromatic heterocycles. The number of hydrogen-bond acceptors (Lipinski definition) is 5. The number of anilines is 2. The van der Waals surface area contributed by atoms with Crippen molar-refractivity contribution in [1.82, 2.24) is 9.97 Å². The Morgan fingerprint density at radius 2 is 2.15 bits per heavy atom. The molecule has 1 saturated heterocycles. The van der Waals surface area contributed by atoms with Gasteiger partial charge in [0.2, 0.25) is 0 Å². The van der Waals surface area contributed by atoms with Crippen LogP contribution in [0, 0.1) is 0 Å². The molecule has 5 nitrogen and oxygen atoms in total. The van der Waals surface area contributed by atoms with Gasteiger partial charge in [0, 0.05) is 25.6 Å². The first-order valence-corrected chi connectivity index (χ1v) is 7.73. The Hall–Kier alpha value is -1.36. The number of ether oxygens (including phenoxy) is 1. The fourth-order valence-corrected chi connectivity index (χ4v) is 2.50. The van der Waals surface area contributed by atoms with E-state index in [4.69, 9.17) is 4.74 Å². The van der Waals surface area contributed by atoms with Gasteiger partial charge < -0.3 is 15.4 Å². The standard InChI is InChI=1S/C15H26N4O/c1-4-7-13-18-14(16-5-2)10-15(19-13)17-11(3)12-8-6-9-20-12/h10-12H,4-9H2,1-3H3,(H2,16,17,18,19). The lowest BCUT2D eigenvalue weighted by Gasteiger charge is -2.21. The number of nitrogens with one attached hydrogen (secondary N) is 2. The Bertz CT molecular complexity index is 394. The molecule has 0 bridgehead atoms. The first-order chi connectivity index (χ1) is 9.72. The van der Waals surface area contributed by atoms with Crippen molar-refractivity contribution in [3.8, 4) is 0 Å². The van der Waals surface area contributed by atoms with Crippen LogP contribution in [-0.4, -0.2) is 35.3 Å². The van der Waals surface area contributed by atoms with Crippen molar-refractivity contribution in [1.29, 1.82) is 0 Å². The minimum Gasteiger partial charge on any atom is -0.376 e. The van der Waals surface area contributed by atoms with E-state index in [1.165, 1.54) is 0 Å². The average Bonchev–Trinajstić information content (AvgIpc) is 2.93. The molecule has 2 rings (SSSR count). The zero-order chi connectivity index (χ0) is 14.4. The van der Waals surface area contributed by atoms with Crippen LogP contribution in [0.1, 0.15) is 45.9 Å². The summed E-state index contributed by atoms with van der Waals surface area (Å²) < 4.78 is 5.72. The van der Waals surface area contributed by atoms with Crippen LogP contribution < -0.4 is 10.6 Å². The van der Waals surface area contributed by atoms with Crippen LogP contribution >= 0.6 is 0 Å². The van der Waals surface area contributed by atoms with Crippen LogP contribution in [0.4, 0.5) is 11.6 Å². The summed E-state index contributed by atoms with van der Waals surface area (Å²) in [6.45, 7) is 8.12. The summed E-state index contributed by atoms with van der Waals surface area (Å²) in [6, 6.07) is 2.25. The molecule has 1 aliphatic heterocycles. The Labute approximate surface area is 121 Å². The van der Waals surface area contributed by atoms with Gasteiger partial charge in [-0.1, -0.05) is 6.92 Å². The van der Waals surface area contributed by atoms with Crippen LogP contribution in [0.3, 0.4) is 0 Å². The largest absolute Gasteiger partial charge is 0.376 e. The fourth-order valence-electron chi connectivity index (χ4n) is 2.50. The zero-order valence-electron chi connectivity index (χ0n) is 12.8. The topological polar surface area (TPSA) is 59.1 Å². The molecule has 112 valence electrons. The van der Waals surface area contributed by atoms with Crippen LogP contribution in [0.15, 0.2) is 6.07 Å². The van der Waals surface area contributed by atoms with E-state index >= 15 is 0 Å². The number of hydrogen-bond donors (Lipinski definition) is 2. The summed E-state index contributed by atoms with van der Waals surface area (Å²) in [5.41, 5.74) is 0. The molecule has 2 atom stereocenters. The molecule has 0 aliphatic carbocycles. The SMILES string of the molecule is CCCc1nc(NCC)cc(NC(C)C2CCCO2)n1. The highest BCUT2D eigenvalue weighted by atomic mass is 16.5. The predicted molar refractivity (Wildman–Crippen MR) is 82.2 cm³/mol. The lowest BCUT2D eigenvalue weighted by molar-refractivity contribution is 0.0995. The fraction of sp³-hybridized carbons (Fsp3) is 0.733. The predicted octanol–water partition coefficient (Wildman–Crippen LogP) is 2.84. The van der Waals surface area contributed by atoms with E-state index in [1.807, 2.05) is 6.07 Å². The van der Waals surface area contributed by atoms with Crippen molar-refractivity contribution in [3.05, 3.63) is 11.9 Å². The summed E-state index contributed by atoms with van der Waals surface area (Å²) in [5, 5.41) is 6.73. The van der Waals surface area contributed by atoms with Gasteiger partial charge in [-0.25, -0.2) is 9.97 Å². The van der Waals surface area contributed by atoms with Gasteiger partial charge in [0.05, 0.1) is 12.1 Å². The molecule has 1 fully saturated rings. The second kappa shape index (κ2) is 7.43. The average molecular weight is 278 g/mol. The van der Waals surface area contributed by atoms with Crippen molar-refractivity contribution < 1.29 is 4.74 Å². The Kier molecular flexibility index (Phi) is 5.59. The maximum absolute atomic E-state index is 5.72. The van der Waals surface area contributed by atoms with Crippen molar-refractivity contribution in [2.45, 2.75) is 58.6 Å². The van der Waals surface area contributed by atoms with Gasteiger partial charge in [-0.3, -0.25) is 0 Å². The van der Waals surface area contributed by atoms with Crippen molar-refractivity contribution in [2.75, 3.05) is 23.8 Å². The van der Waals surface area contributed by atoms with Crippen molar-refractivity contribution >= 4 is 11.6 Å². The molecule has 2 unspecified atom stereocenters. The summed E-state index contributed by atoms with van der Waals surface area (Å²) in [5.74, 6) is 2.68. The number of aryl methyl sites for hydroxylation is 1. The molecule has 1 aromatic rings. The van der Waals surface area contributed by atoms with E-state index in [0.29, 0.717) is 6.10 Å². The van der Waals surface area contributed by atoms with Gasteiger partial charge in [-0.2, -0.15) is 0 Å². The van der Waals surface area contributed by atoms with Crippen LogP contribution in [0.2, 0.25) is 0 Å². The zero-order valence-corrected chi connectivity index (χ0v) is 12.8. The lowest BCUT2D eigenvalue weighted by atomic mass is 10.1. The smallest absolute Gasteiger partial charge is 0.133 e. The van der Waals surface area contributed by atoms with Crippen LogP contribution in [0.5, 0.6) is 0 Å². The highest BCUT2D eigenvalue weighted by Gasteiger charge is 2.22. The third kappa shape index (κ3) is 4.07. The highest BCUT2D eigenvalue weighted by molar-refractivity contribution is 5.48. The molecule has 0 amide bonds. The minimum atomic E-state index is 0.274. The molecule has 0 radical (unpaired) electrons. The Morgan fingerprint density at radius 1 is 1.35 bits per heavy atom. The molecule has 0 aromatic carbocycles. The van der Waals surface area contributed by atoms with Gasteiger partial charge in [-0.05, 0) is 33.1 Å². The van der Waals surface area contributed by atoms with Crippen LogP contribution in [-0.2, 0) is 11.2 Å². The monoisotopic (exact) mass is 278 g/mol. The summed E-state index contributed by atoms with van der Waals surface area (Å²) in [7, 11) is 0.